The Bertz CT molecular complexity index is 402. The molecule has 0 N–H and O–H groups in total. The molecule has 0 aliphatic rings. The van der Waals surface area contributed by atoms with E-state index in [1.165, 1.54) is 0 Å². The number of nitrogens with zero attached hydrogens (tertiary/aromatic N) is 1. The van der Waals surface area contributed by atoms with Crippen LogP contribution in [0.3, 0.4) is 0 Å². The molecule has 15 heavy (non-hydrogen) atoms. The Labute approximate surface area is 97.9 Å². The van der Waals surface area contributed by atoms with Crippen molar-refractivity contribution < 1.29 is 12.6 Å². The number of hydrogen-bond donors (Lipinski definition) is 0. The summed E-state index contributed by atoms with van der Waals surface area (Å²) < 4.78 is 28.0. The zero-order chi connectivity index (χ0) is 11.3. The zero-order valence-corrected chi connectivity index (χ0v) is 10.7. The lowest BCUT2D eigenvalue weighted by Gasteiger charge is -2.03. The van der Waals surface area contributed by atoms with Gasteiger partial charge in [0, 0.05) is 6.20 Å². The van der Waals surface area contributed by atoms with E-state index in [-0.39, 0.29) is 12.4 Å². The van der Waals surface area contributed by atoms with Crippen LogP contribution < -0.4 is 0 Å². The monoisotopic (exact) mass is 293 g/mol. The normalized spacial score (nSPS) is 11.6. The van der Waals surface area contributed by atoms with Crippen LogP contribution in [0.15, 0.2) is 22.9 Å². The molecular formula is C9H12BrNO3S. The molecule has 0 saturated carbocycles. The van der Waals surface area contributed by atoms with Crippen molar-refractivity contribution in [3.05, 3.63) is 28.5 Å². The summed E-state index contributed by atoms with van der Waals surface area (Å²) >= 11 is 3.19. The van der Waals surface area contributed by atoms with Gasteiger partial charge in [0.15, 0.2) is 0 Å². The van der Waals surface area contributed by atoms with Crippen LogP contribution in [-0.2, 0) is 20.9 Å². The quantitative estimate of drug-likeness (QED) is 0.616. The molecule has 1 aromatic rings. The highest BCUT2D eigenvalue weighted by Gasteiger charge is 2.09. The fourth-order valence-electron chi connectivity index (χ4n) is 0.959. The van der Waals surface area contributed by atoms with Gasteiger partial charge in [-0.2, -0.15) is 8.42 Å². The first-order chi connectivity index (χ1) is 7.03. The molecule has 0 atom stereocenters. The van der Waals surface area contributed by atoms with Crippen molar-refractivity contribution in [2.75, 3.05) is 5.75 Å². The molecule has 4 nitrogen and oxygen atoms in total. The Morgan fingerprint density at radius 2 is 2.20 bits per heavy atom. The van der Waals surface area contributed by atoms with Crippen molar-refractivity contribution >= 4 is 26.0 Å². The Hall–Kier alpha value is -0.460. The summed E-state index contributed by atoms with van der Waals surface area (Å²) in [6.45, 7) is 1.84. The molecule has 0 fully saturated rings. The SMILES string of the molecule is CCCS(=O)(=O)OCc1ccc(Br)nc1. The maximum Gasteiger partial charge on any atom is 0.267 e. The smallest absolute Gasteiger partial charge is 0.265 e. The van der Waals surface area contributed by atoms with Gasteiger partial charge < -0.3 is 0 Å². The molecule has 1 heterocycles. The first-order valence-corrected chi connectivity index (χ1v) is 6.88. The minimum absolute atomic E-state index is 0.0443. The van der Waals surface area contributed by atoms with Crippen LogP contribution in [0.25, 0.3) is 0 Å². The third-order valence-electron chi connectivity index (χ3n) is 1.65. The van der Waals surface area contributed by atoms with Gasteiger partial charge in [0.25, 0.3) is 10.1 Å². The second-order valence-corrected chi connectivity index (χ2v) is 5.58. The lowest BCUT2D eigenvalue weighted by molar-refractivity contribution is 0.307. The van der Waals surface area contributed by atoms with Gasteiger partial charge in [-0.1, -0.05) is 13.0 Å². The Balaban J connectivity index is 2.54. The van der Waals surface area contributed by atoms with Crippen LogP contribution in [0.5, 0.6) is 0 Å². The Kier molecular flexibility index (Phi) is 4.69. The number of aromatic nitrogens is 1. The molecule has 1 aromatic heterocycles. The van der Waals surface area contributed by atoms with E-state index >= 15 is 0 Å². The molecule has 6 heteroatoms. The van der Waals surface area contributed by atoms with Gasteiger partial charge in [0.05, 0.1) is 12.4 Å². The Morgan fingerprint density at radius 3 is 2.73 bits per heavy atom. The predicted octanol–water partition coefficient (Wildman–Crippen LogP) is 2.10. The lowest BCUT2D eigenvalue weighted by atomic mass is 10.3. The number of halogens is 1. The number of pyridine rings is 1. The van der Waals surface area contributed by atoms with Gasteiger partial charge in [-0.25, -0.2) is 4.98 Å². The van der Waals surface area contributed by atoms with E-state index in [9.17, 15) is 8.42 Å². The van der Waals surface area contributed by atoms with Crippen LogP contribution in [0.4, 0.5) is 0 Å². The molecule has 0 aromatic carbocycles. The number of hydrogen-bond acceptors (Lipinski definition) is 4. The summed E-state index contributed by atoms with van der Waals surface area (Å²) in [7, 11) is -3.38. The van der Waals surface area contributed by atoms with Gasteiger partial charge in [0.1, 0.15) is 4.60 Å². The van der Waals surface area contributed by atoms with Crippen molar-refractivity contribution in [1.82, 2.24) is 4.98 Å². The Morgan fingerprint density at radius 1 is 1.47 bits per heavy atom. The summed E-state index contributed by atoms with van der Waals surface area (Å²) in [6, 6.07) is 3.50. The molecule has 84 valence electrons. The van der Waals surface area contributed by atoms with Crippen LogP contribution in [0.1, 0.15) is 18.9 Å². The summed E-state index contributed by atoms with van der Waals surface area (Å²) in [6.07, 6.45) is 2.13. The summed E-state index contributed by atoms with van der Waals surface area (Å²) in [5, 5.41) is 0. The summed E-state index contributed by atoms with van der Waals surface area (Å²) in [5.74, 6) is 0.0525. The molecule has 0 radical (unpaired) electrons. The van der Waals surface area contributed by atoms with Crippen molar-refractivity contribution in [3.63, 3.8) is 0 Å². The van der Waals surface area contributed by atoms with Crippen LogP contribution in [0, 0.1) is 0 Å². The minimum atomic E-state index is -3.38. The highest BCUT2D eigenvalue weighted by molar-refractivity contribution is 9.10. The second-order valence-electron chi connectivity index (χ2n) is 3.01. The van der Waals surface area contributed by atoms with Crippen molar-refractivity contribution in [3.8, 4) is 0 Å². The molecule has 0 amide bonds. The molecular weight excluding hydrogens is 282 g/mol. The van der Waals surface area contributed by atoms with E-state index in [0.29, 0.717) is 11.0 Å². The molecule has 0 aliphatic carbocycles. The third kappa shape index (κ3) is 4.72. The van der Waals surface area contributed by atoms with Gasteiger partial charge in [-0.3, -0.25) is 4.18 Å². The lowest BCUT2D eigenvalue weighted by Crippen LogP contribution is -2.09. The largest absolute Gasteiger partial charge is 0.267 e. The zero-order valence-electron chi connectivity index (χ0n) is 8.31. The van der Waals surface area contributed by atoms with Gasteiger partial charge in [-0.15, -0.1) is 0 Å². The van der Waals surface area contributed by atoms with E-state index in [2.05, 4.69) is 20.9 Å². The number of rotatable bonds is 5. The van der Waals surface area contributed by atoms with Crippen molar-refractivity contribution in [1.29, 1.82) is 0 Å². The maximum atomic E-state index is 11.2. The average Bonchev–Trinajstić information content (AvgIpc) is 2.17. The summed E-state index contributed by atoms with van der Waals surface area (Å²) in [5.41, 5.74) is 0.734. The summed E-state index contributed by atoms with van der Waals surface area (Å²) in [4.78, 5) is 3.97. The van der Waals surface area contributed by atoms with Crippen LogP contribution >= 0.6 is 15.9 Å². The van der Waals surface area contributed by atoms with E-state index in [1.54, 1.807) is 25.3 Å². The van der Waals surface area contributed by atoms with Crippen LogP contribution in [0.2, 0.25) is 0 Å². The van der Waals surface area contributed by atoms with Crippen LogP contribution in [-0.4, -0.2) is 19.2 Å². The van der Waals surface area contributed by atoms with Gasteiger partial charge in [-0.05, 0) is 34.0 Å². The topological polar surface area (TPSA) is 56.3 Å². The third-order valence-corrected chi connectivity index (χ3v) is 3.50. The van der Waals surface area contributed by atoms with Gasteiger partial charge >= 0.3 is 0 Å². The fraction of sp³-hybridized carbons (Fsp3) is 0.444. The second kappa shape index (κ2) is 5.58. The van der Waals surface area contributed by atoms with E-state index in [1.807, 2.05) is 0 Å². The fourth-order valence-corrected chi connectivity index (χ4v) is 2.13. The first kappa shape index (κ1) is 12.6. The molecule has 0 aliphatic heterocycles. The van der Waals surface area contributed by atoms with E-state index < -0.39 is 10.1 Å². The predicted molar refractivity (Wildman–Crippen MR) is 60.8 cm³/mol. The standard InChI is InChI=1S/C9H12BrNO3S/c1-2-5-15(12,13)14-7-8-3-4-9(10)11-6-8/h3-4,6H,2,5,7H2,1H3. The molecule has 0 saturated heterocycles. The minimum Gasteiger partial charge on any atom is -0.265 e. The molecule has 0 bridgehead atoms. The van der Waals surface area contributed by atoms with Crippen molar-refractivity contribution in [2.24, 2.45) is 0 Å². The molecule has 1 rings (SSSR count). The van der Waals surface area contributed by atoms with E-state index in [0.717, 1.165) is 5.56 Å². The highest BCUT2D eigenvalue weighted by atomic mass is 79.9. The molecule has 0 unspecified atom stereocenters. The van der Waals surface area contributed by atoms with Gasteiger partial charge in [0.2, 0.25) is 0 Å². The molecule has 0 spiro atoms. The first-order valence-electron chi connectivity index (χ1n) is 4.51. The average molecular weight is 294 g/mol. The van der Waals surface area contributed by atoms with Crippen molar-refractivity contribution in [2.45, 2.75) is 20.0 Å². The highest BCUT2D eigenvalue weighted by Crippen LogP contribution is 2.09. The maximum absolute atomic E-state index is 11.2. The van der Waals surface area contributed by atoms with E-state index in [4.69, 9.17) is 4.18 Å².